The molecule has 0 aliphatic carbocycles. The van der Waals surface area contributed by atoms with E-state index in [1.165, 1.54) is 0 Å². The van der Waals surface area contributed by atoms with Crippen LogP contribution in [0.25, 0.3) is 0 Å². The van der Waals surface area contributed by atoms with Gasteiger partial charge in [-0.2, -0.15) is 5.26 Å². The predicted octanol–water partition coefficient (Wildman–Crippen LogP) is 2.45. The first-order chi connectivity index (χ1) is 7.56. The van der Waals surface area contributed by atoms with E-state index < -0.39 is 0 Å². The molecule has 1 aromatic rings. The average molecular weight is 239 g/mol. The number of aromatic nitrogens is 1. The molecule has 0 aliphatic rings. The molecule has 0 unspecified atom stereocenters. The van der Waals surface area contributed by atoms with Crippen LogP contribution >= 0.6 is 11.6 Å². The zero-order valence-electron chi connectivity index (χ0n) is 9.44. The second-order valence-corrected chi connectivity index (χ2v) is 4.18. The summed E-state index contributed by atoms with van der Waals surface area (Å²) in [5.74, 6) is 0.682. The van der Waals surface area contributed by atoms with Crippen molar-refractivity contribution >= 4 is 23.1 Å². The quantitative estimate of drug-likeness (QED) is 0.875. The molecule has 1 heterocycles. The predicted molar refractivity (Wildman–Crippen MR) is 66.4 cm³/mol. The molecule has 1 rings (SSSR count). The van der Waals surface area contributed by atoms with E-state index in [1.807, 2.05) is 18.7 Å². The number of rotatable bonds is 4. The first-order valence-corrected chi connectivity index (χ1v) is 5.48. The normalized spacial score (nSPS) is 10.2. The number of hydrogen-bond donors (Lipinski definition) is 1. The van der Waals surface area contributed by atoms with Crippen LogP contribution in [0.2, 0.25) is 5.02 Å². The summed E-state index contributed by atoms with van der Waals surface area (Å²) in [7, 11) is 0. The molecule has 0 radical (unpaired) electrons. The summed E-state index contributed by atoms with van der Waals surface area (Å²) in [6.45, 7) is 4.68. The molecule has 0 saturated heterocycles. The SMILES string of the molecule is CC(C)N(CCC#N)c1ncc(N)cc1Cl. The maximum Gasteiger partial charge on any atom is 0.147 e. The van der Waals surface area contributed by atoms with E-state index >= 15 is 0 Å². The maximum atomic E-state index is 8.61. The third kappa shape index (κ3) is 3.01. The fourth-order valence-corrected chi connectivity index (χ4v) is 1.72. The molecule has 0 spiro atoms. The molecule has 86 valence electrons. The molecule has 16 heavy (non-hydrogen) atoms. The van der Waals surface area contributed by atoms with Crippen LogP contribution in [0.5, 0.6) is 0 Å². The Morgan fingerprint density at radius 3 is 2.81 bits per heavy atom. The van der Waals surface area contributed by atoms with E-state index in [4.69, 9.17) is 22.6 Å². The number of nitrogen functional groups attached to an aromatic ring is 1. The van der Waals surface area contributed by atoms with Crippen LogP contribution in [0.1, 0.15) is 20.3 Å². The number of pyridine rings is 1. The first-order valence-electron chi connectivity index (χ1n) is 5.11. The van der Waals surface area contributed by atoms with Gasteiger partial charge in [0.25, 0.3) is 0 Å². The molecule has 0 aliphatic heterocycles. The summed E-state index contributed by atoms with van der Waals surface area (Å²) in [4.78, 5) is 6.20. The third-order valence-electron chi connectivity index (χ3n) is 2.20. The number of anilines is 2. The lowest BCUT2D eigenvalue weighted by Gasteiger charge is -2.27. The van der Waals surface area contributed by atoms with Gasteiger partial charge in [-0.3, -0.25) is 0 Å². The Labute approximate surface area is 101 Å². The van der Waals surface area contributed by atoms with Crippen molar-refractivity contribution in [2.75, 3.05) is 17.2 Å². The molecule has 4 nitrogen and oxygen atoms in total. The lowest BCUT2D eigenvalue weighted by atomic mass is 10.2. The van der Waals surface area contributed by atoms with Crippen LogP contribution in [-0.2, 0) is 0 Å². The van der Waals surface area contributed by atoms with Crippen LogP contribution in [0.15, 0.2) is 12.3 Å². The van der Waals surface area contributed by atoms with Gasteiger partial charge in [0.2, 0.25) is 0 Å². The fourth-order valence-electron chi connectivity index (χ4n) is 1.44. The van der Waals surface area contributed by atoms with Crippen molar-refractivity contribution in [2.45, 2.75) is 26.3 Å². The van der Waals surface area contributed by atoms with E-state index in [2.05, 4.69) is 11.1 Å². The Kier molecular flexibility index (Phi) is 4.39. The Bertz CT molecular complexity index is 397. The molecule has 0 amide bonds. The van der Waals surface area contributed by atoms with Crippen molar-refractivity contribution in [3.05, 3.63) is 17.3 Å². The average Bonchev–Trinajstić information content (AvgIpc) is 2.20. The van der Waals surface area contributed by atoms with Crippen LogP contribution in [0.3, 0.4) is 0 Å². The topological polar surface area (TPSA) is 65.9 Å². The standard InChI is InChI=1S/C11H15ClN4/c1-8(2)16(5-3-4-13)11-10(12)6-9(14)7-15-11/h6-8H,3,5,14H2,1-2H3. The third-order valence-corrected chi connectivity index (χ3v) is 2.48. The highest BCUT2D eigenvalue weighted by atomic mass is 35.5. The molecule has 0 aromatic carbocycles. The van der Waals surface area contributed by atoms with Crippen molar-refractivity contribution < 1.29 is 0 Å². The minimum Gasteiger partial charge on any atom is -0.397 e. The minimum absolute atomic E-state index is 0.238. The highest BCUT2D eigenvalue weighted by Crippen LogP contribution is 2.26. The van der Waals surface area contributed by atoms with Gasteiger partial charge in [-0.15, -0.1) is 0 Å². The second-order valence-electron chi connectivity index (χ2n) is 3.77. The van der Waals surface area contributed by atoms with Crippen LogP contribution in [-0.4, -0.2) is 17.6 Å². The summed E-state index contributed by atoms with van der Waals surface area (Å²) in [5.41, 5.74) is 6.13. The number of nitrogens with zero attached hydrogens (tertiary/aromatic N) is 3. The molecule has 0 fully saturated rings. The van der Waals surface area contributed by atoms with E-state index in [1.54, 1.807) is 12.3 Å². The van der Waals surface area contributed by atoms with E-state index in [9.17, 15) is 0 Å². The Morgan fingerprint density at radius 2 is 2.31 bits per heavy atom. The largest absolute Gasteiger partial charge is 0.397 e. The molecule has 0 saturated carbocycles. The Balaban J connectivity index is 2.97. The summed E-state index contributed by atoms with van der Waals surface area (Å²) in [6, 6.07) is 4.03. The highest BCUT2D eigenvalue weighted by Gasteiger charge is 2.14. The maximum absolute atomic E-state index is 8.61. The van der Waals surface area contributed by atoms with Crippen molar-refractivity contribution in [3.63, 3.8) is 0 Å². The highest BCUT2D eigenvalue weighted by molar-refractivity contribution is 6.33. The number of nitrogens with two attached hydrogens (primary N) is 1. The first kappa shape index (κ1) is 12.6. The zero-order chi connectivity index (χ0) is 12.1. The summed E-state index contributed by atoms with van der Waals surface area (Å²) in [6.07, 6.45) is 2.02. The van der Waals surface area contributed by atoms with Crippen molar-refractivity contribution in [3.8, 4) is 6.07 Å². The van der Waals surface area contributed by atoms with Crippen molar-refractivity contribution in [1.29, 1.82) is 5.26 Å². The molecular formula is C11H15ClN4. The van der Waals surface area contributed by atoms with E-state index in [-0.39, 0.29) is 6.04 Å². The molecule has 1 aromatic heterocycles. The van der Waals surface area contributed by atoms with E-state index in [0.717, 1.165) is 0 Å². The Morgan fingerprint density at radius 1 is 1.62 bits per heavy atom. The van der Waals surface area contributed by atoms with Gasteiger partial charge in [0.05, 0.1) is 29.4 Å². The number of hydrogen-bond acceptors (Lipinski definition) is 4. The van der Waals surface area contributed by atoms with Gasteiger partial charge < -0.3 is 10.6 Å². The number of halogens is 1. The van der Waals surface area contributed by atoms with Crippen LogP contribution < -0.4 is 10.6 Å². The van der Waals surface area contributed by atoms with Gasteiger partial charge in [-0.05, 0) is 19.9 Å². The smallest absolute Gasteiger partial charge is 0.147 e. The van der Waals surface area contributed by atoms with Gasteiger partial charge in [0.1, 0.15) is 5.82 Å². The van der Waals surface area contributed by atoms with Gasteiger partial charge >= 0.3 is 0 Å². The van der Waals surface area contributed by atoms with Crippen molar-refractivity contribution in [1.82, 2.24) is 4.98 Å². The summed E-state index contributed by atoms with van der Waals surface area (Å²) >= 11 is 6.08. The van der Waals surface area contributed by atoms with E-state index in [0.29, 0.717) is 29.5 Å². The molecule has 2 N–H and O–H groups in total. The van der Waals surface area contributed by atoms with Gasteiger partial charge in [-0.1, -0.05) is 11.6 Å². The Hall–Kier alpha value is -1.47. The van der Waals surface area contributed by atoms with Crippen LogP contribution in [0.4, 0.5) is 11.5 Å². The molecule has 0 atom stereocenters. The van der Waals surface area contributed by atoms with Crippen LogP contribution in [0, 0.1) is 11.3 Å². The van der Waals surface area contributed by atoms with Gasteiger partial charge in [0, 0.05) is 12.6 Å². The summed E-state index contributed by atoms with van der Waals surface area (Å²) < 4.78 is 0. The lowest BCUT2D eigenvalue weighted by molar-refractivity contribution is 0.677. The van der Waals surface area contributed by atoms with Gasteiger partial charge in [0.15, 0.2) is 0 Å². The minimum atomic E-state index is 0.238. The molecular weight excluding hydrogens is 224 g/mol. The number of nitriles is 1. The molecule has 5 heteroatoms. The van der Waals surface area contributed by atoms with Gasteiger partial charge in [-0.25, -0.2) is 4.98 Å². The monoisotopic (exact) mass is 238 g/mol. The fraction of sp³-hybridized carbons (Fsp3) is 0.455. The lowest BCUT2D eigenvalue weighted by Crippen LogP contribution is -2.32. The molecule has 0 bridgehead atoms. The van der Waals surface area contributed by atoms with Crippen molar-refractivity contribution in [2.24, 2.45) is 0 Å². The second kappa shape index (κ2) is 5.57. The summed E-state index contributed by atoms with van der Waals surface area (Å²) in [5, 5.41) is 9.13. The zero-order valence-corrected chi connectivity index (χ0v) is 10.2.